The molecule has 0 aromatic carbocycles. The van der Waals surface area contributed by atoms with Gasteiger partial charge in [-0.05, 0) is 6.42 Å². The average molecular weight is 181 g/mol. The quantitative estimate of drug-likeness (QED) is 0.525. The summed E-state index contributed by atoms with van der Waals surface area (Å²) in [7, 11) is 0. The van der Waals surface area contributed by atoms with Gasteiger partial charge in [-0.15, -0.1) is 0 Å². The standard InChI is InChI=1S/C5H6.In/c1-2-4-5-3-1;/h1-4H,5H2;. The van der Waals surface area contributed by atoms with Gasteiger partial charge in [-0.3, -0.25) is 0 Å². The molecule has 0 atom stereocenters. The van der Waals surface area contributed by atoms with Crippen LogP contribution in [0.25, 0.3) is 0 Å². The first kappa shape index (κ1) is 6.35. The Hall–Kier alpha value is 0.350. The van der Waals surface area contributed by atoms with Crippen LogP contribution >= 0.6 is 0 Å². The Morgan fingerprint density at radius 1 is 1.00 bits per heavy atom. The fourth-order valence-corrected chi connectivity index (χ4v) is 0.393. The molecule has 0 N–H and O–H groups in total. The summed E-state index contributed by atoms with van der Waals surface area (Å²) in [5.41, 5.74) is 0. The van der Waals surface area contributed by atoms with Gasteiger partial charge >= 0.3 is 0 Å². The molecule has 1 rings (SSSR count). The molecular formula is C5H6In. The second-order valence-electron chi connectivity index (χ2n) is 1.09. The van der Waals surface area contributed by atoms with Crippen molar-refractivity contribution in [3.63, 3.8) is 0 Å². The van der Waals surface area contributed by atoms with E-state index in [1.54, 1.807) is 0 Å². The average Bonchev–Trinajstić information content (AvgIpc) is 1.76. The number of hydrogen-bond donors (Lipinski definition) is 0. The van der Waals surface area contributed by atoms with Gasteiger partial charge in [0, 0.05) is 25.8 Å². The largest absolute Gasteiger partial charge is 0.0808 e. The maximum absolute atomic E-state index is 2.12. The minimum absolute atomic E-state index is 0. The van der Waals surface area contributed by atoms with Gasteiger partial charge in [0.1, 0.15) is 0 Å². The Labute approximate surface area is 56.7 Å². The number of allylic oxidation sites excluding steroid dienone is 4. The van der Waals surface area contributed by atoms with Crippen LogP contribution in [0.2, 0.25) is 0 Å². The van der Waals surface area contributed by atoms with Crippen LogP contribution in [0.15, 0.2) is 24.3 Å². The summed E-state index contributed by atoms with van der Waals surface area (Å²) in [4.78, 5) is 0. The molecule has 0 saturated carbocycles. The van der Waals surface area contributed by atoms with Crippen LogP contribution in [0.5, 0.6) is 0 Å². The Morgan fingerprint density at radius 3 is 1.67 bits per heavy atom. The molecule has 1 aliphatic rings. The summed E-state index contributed by atoms with van der Waals surface area (Å²) in [6, 6.07) is 0. The zero-order valence-corrected chi connectivity index (χ0v) is 6.89. The summed E-state index contributed by atoms with van der Waals surface area (Å²) in [5.74, 6) is 0. The van der Waals surface area contributed by atoms with Crippen LogP contribution in [-0.2, 0) is 0 Å². The van der Waals surface area contributed by atoms with Gasteiger partial charge in [-0.2, -0.15) is 0 Å². The minimum atomic E-state index is 0. The van der Waals surface area contributed by atoms with Crippen LogP contribution in [0.3, 0.4) is 0 Å². The molecule has 29 valence electrons. The smallest absolute Gasteiger partial charge is 0 e. The van der Waals surface area contributed by atoms with Gasteiger partial charge in [-0.1, -0.05) is 24.3 Å². The second-order valence-corrected chi connectivity index (χ2v) is 1.09. The van der Waals surface area contributed by atoms with Crippen molar-refractivity contribution in [1.82, 2.24) is 0 Å². The maximum atomic E-state index is 2.12. The summed E-state index contributed by atoms with van der Waals surface area (Å²) >= 11 is 0. The van der Waals surface area contributed by atoms with Crippen LogP contribution in [0, 0.1) is 0 Å². The fourth-order valence-electron chi connectivity index (χ4n) is 0.393. The number of hydrogen-bond acceptors (Lipinski definition) is 0. The van der Waals surface area contributed by atoms with E-state index in [9.17, 15) is 0 Å². The number of rotatable bonds is 0. The van der Waals surface area contributed by atoms with E-state index < -0.39 is 0 Å². The van der Waals surface area contributed by atoms with E-state index in [0.29, 0.717) is 0 Å². The Kier molecular flexibility index (Phi) is 3.74. The Morgan fingerprint density at radius 2 is 1.50 bits per heavy atom. The van der Waals surface area contributed by atoms with E-state index in [4.69, 9.17) is 0 Å². The Bertz CT molecular complexity index is 62.0. The van der Waals surface area contributed by atoms with Crippen LogP contribution < -0.4 is 0 Å². The molecule has 0 nitrogen and oxygen atoms in total. The van der Waals surface area contributed by atoms with E-state index in [-0.39, 0.29) is 25.8 Å². The topological polar surface area (TPSA) is 0 Å². The van der Waals surface area contributed by atoms with Gasteiger partial charge in [-0.25, -0.2) is 0 Å². The van der Waals surface area contributed by atoms with Crippen molar-refractivity contribution < 1.29 is 0 Å². The first-order valence-electron chi connectivity index (χ1n) is 1.82. The van der Waals surface area contributed by atoms with Gasteiger partial charge in [0.25, 0.3) is 0 Å². The summed E-state index contributed by atoms with van der Waals surface area (Å²) in [6.45, 7) is 0. The molecular weight excluding hydrogens is 175 g/mol. The molecule has 3 radical (unpaired) electrons. The van der Waals surface area contributed by atoms with E-state index in [1.807, 2.05) is 0 Å². The zero-order valence-electron chi connectivity index (χ0n) is 3.59. The van der Waals surface area contributed by atoms with Crippen LogP contribution in [0.4, 0.5) is 0 Å². The van der Waals surface area contributed by atoms with Gasteiger partial charge in [0.05, 0.1) is 0 Å². The van der Waals surface area contributed by atoms with Gasteiger partial charge in [0.2, 0.25) is 0 Å². The molecule has 0 unspecified atom stereocenters. The molecule has 0 aliphatic heterocycles. The van der Waals surface area contributed by atoms with Gasteiger partial charge in [0.15, 0.2) is 0 Å². The monoisotopic (exact) mass is 181 g/mol. The van der Waals surface area contributed by atoms with Crippen molar-refractivity contribution in [2.75, 3.05) is 0 Å². The third-order valence-electron chi connectivity index (χ3n) is 0.655. The van der Waals surface area contributed by atoms with Crippen molar-refractivity contribution in [2.45, 2.75) is 6.42 Å². The molecule has 6 heavy (non-hydrogen) atoms. The molecule has 0 fully saturated rings. The molecule has 1 aliphatic carbocycles. The van der Waals surface area contributed by atoms with E-state index in [1.165, 1.54) is 0 Å². The Balaban J connectivity index is 0.000000250. The van der Waals surface area contributed by atoms with E-state index in [0.717, 1.165) is 6.42 Å². The zero-order chi connectivity index (χ0) is 3.54. The molecule has 0 bridgehead atoms. The molecule has 0 aromatic rings. The van der Waals surface area contributed by atoms with Crippen LogP contribution in [-0.4, -0.2) is 25.8 Å². The molecule has 0 spiro atoms. The van der Waals surface area contributed by atoms with Crippen molar-refractivity contribution >= 4 is 25.8 Å². The summed E-state index contributed by atoms with van der Waals surface area (Å²) in [6.07, 6.45) is 9.50. The minimum Gasteiger partial charge on any atom is -0.0808 e. The SMILES string of the molecule is C1=CCC=C1.[In]. The van der Waals surface area contributed by atoms with Gasteiger partial charge < -0.3 is 0 Å². The maximum Gasteiger partial charge on any atom is 0 e. The molecule has 0 heterocycles. The first-order chi connectivity index (χ1) is 2.50. The first-order valence-corrected chi connectivity index (χ1v) is 1.82. The van der Waals surface area contributed by atoms with Crippen LogP contribution in [0.1, 0.15) is 6.42 Å². The molecule has 0 saturated heterocycles. The molecule has 1 heteroatoms. The fraction of sp³-hybridized carbons (Fsp3) is 0.200. The van der Waals surface area contributed by atoms with E-state index >= 15 is 0 Å². The predicted octanol–water partition coefficient (Wildman–Crippen LogP) is 1.12. The third-order valence-corrected chi connectivity index (χ3v) is 0.655. The molecule has 0 aromatic heterocycles. The van der Waals surface area contributed by atoms with Crippen molar-refractivity contribution in [3.8, 4) is 0 Å². The van der Waals surface area contributed by atoms with Crippen molar-refractivity contribution in [3.05, 3.63) is 24.3 Å². The summed E-state index contributed by atoms with van der Waals surface area (Å²) < 4.78 is 0. The van der Waals surface area contributed by atoms with E-state index in [2.05, 4.69) is 24.3 Å². The predicted molar refractivity (Wildman–Crippen MR) is 28.7 cm³/mol. The molecule has 0 amide bonds. The van der Waals surface area contributed by atoms with Crippen molar-refractivity contribution in [2.24, 2.45) is 0 Å². The van der Waals surface area contributed by atoms with Crippen molar-refractivity contribution in [1.29, 1.82) is 0 Å². The second kappa shape index (κ2) is 3.54. The summed E-state index contributed by atoms with van der Waals surface area (Å²) in [5, 5.41) is 0. The third kappa shape index (κ3) is 1.71. The normalized spacial score (nSPS) is 14.7.